The van der Waals surface area contributed by atoms with Crippen molar-refractivity contribution in [3.05, 3.63) is 40.5 Å². The van der Waals surface area contributed by atoms with E-state index in [9.17, 15) is 8.42 Å². The van der Waals surface area contributed by atoms with Crippen molar-refractivity contribution >= 4 is 10.3 Å². The first kappa shape index (κ1) is 17.5. The number of allylic oxidation sites excluding steroid dienone is 2. The van der Waals surface area contributed by atoms with Crippen molar-refractivity contribution in [1.29, 1.82) is 0 Å². The van der Waals surface area contributed by atoms with Gasteiger partial charge in [-0.2, -0.15) is 13.6 Å². The summed E-state index contributed by atoms with van der Waals surface area (Å²) in [6, 6.07) is 5.67. The number of nitrogens with two attached hydrogens (primary N) is 1. The van der Waals surface area contributed by atoms with E-state index >= 15 is 0 Å². The van der Waals surface area contributed by atoms with Crippen molar-refractivity contribution < 1.29 is 12.6 Å². The Morgan fingerprint density at radius 1 is 1.08 bits per heavy atom. The van der Waals surface area contributed by atoms with E-state index in [1.54, 1.807) is 17.2 Å². The smallest absolute Gasteiger partial charge is 0.371 e. The Morgan fingerprint density at radius 2 is 1.83 bits per heavy atom. The topological polar surface area (TPSA) is 69.4 Å². The highest BCUT2D eigenvalue weighted by Gasteiger charge is 2.42. The highest BCUT2D eigenvalue weighted by molar-refractivity contribution is 7.84. The van der Waals surface area contributed by atoms with E-state index in [1.165, 1.54) is 43.2 Å². The van der Waals surface area contributed by atoms with Gasteiger partial charge in [-0.1, -0.05) is 24.6 Å². The molecule has 0 aliphatic heterocycles. The largest absolute Gasteiger partial charge is 0.380 e. The summed E-state index contributed by atoms with van der Waals surface area (Å²) in [6.07, 6.45) is 7.24. The van der Waals surface area contributed by atoms with Gasteiger partial charge >= 0.3 is 10.3 Å². The molecule has 0 bridgehead atoms. The molecule has 1 saturated carbocycles. The molecule has 0 spiro atoms. The molecule has 1 aromatic rings. The molecule has 24 heavy (non-hydrogen) atoms. The van der Waals surface area contributed by atoms with Crippen LogP contribution in [0.5, 0.6) is 5.75 Å². The van der Waals surface area contributed by atoms with Crippen molar-refractivity contribution in [2.24, 2.45) is 17.0 Å². The molecule has 132 valence electrons. The summed E-state index contributed by atoms with van der Waals surface area (Å²) in [5, 5.41) is 4.97. The number of fused-ring (bicyclic) bond motifs is 5. The molecule has 3 atom stereocenters. The molecule has 1 fully saturated rings. The molecule has 4 rings (SSSR count). The zero-order valence-corrected chi connectivity index (χ0v) is 14.2. The third kappa shape index (κ3) is 3.00. The van der Waals surface area contributed by atoms with E-state index in [2.05, 4.69) is 13.0 Å². The second kappa shape index (κ2) is 6.19. The van der Waals surface area contributed by atoms with Crippen LogP contribution >= 0.6 is 0 Å². The van der Waals surface area contributed by atoms with E-state index in [0.717, 1.165) is 18.3 Å². The van der Waals surface area contributed by atoms with E-state index in [1.807, 2.05) is 6.07 Å². The minimum Gasteiger partial charge on any atom is -0.371 e. The molecule has 2 N–H and O–H groups in total. The molecule has 0 aromatic heterocycles. The van der Waals surface area contributed by atoms with Crippen LogP contribution in [0.1, 0.15) is 63.5 Å². The van der Waals surface area contributed by atoms with E-state index in [4.69, 9.17) is 9.32 Å². The van der Waals surface area contributed by atoms with Crippen LogP contribution in [0.2, 0.25) is 0 Å². The van der Waals surface area contributed by atoms with Crippen LogP contribution in [-0.2, 0) is 16.7 Å². The van der Waals surface area contributed by atoms with Gasteiger partial charge in [0.25, 0.3) is 0 Å². The monoisotopic (exact) mass is 349 g/mol. The van der Waals surface area contributed by atoms with Gasteiger partial charge in [0.2, 0.25) is 0 Å². The van der Waals surface area contributed by atoms with Crippen LogP contribution in [0.3, 0.4) is 0 Å². The van der Waals surface area contributed by atoms with Crippen molar-refractivity contribution in [2.45, 2.75) is 58.8 Å². The molecule has 3 aliphatic rings. The molecule has 3 aliphatic carbocycles. The fraction of sp³-hybridized carbons (Fsp3) is 0.579. The standard InChI is InChI=1S/C18H23NO3S.CH4/c1-11-2-5-16-14(11)8-9-17-15-7-4-13(22-23(19,20)21)10-12(15)3-6-18(16)17;/h4,7,10,16-18H,2-3,5-6,8-9H2,1H3,(H2,19,20,21);1H4. The van der Waals surface area contributed by atoms with Crippen molar-refractivity contribution in [2.75, 3.05) is 0 Å². The van der Waals surface area contributed by atoms with Gasteiger partial charge in [0.15, 0.2) is 0 Å². The zero-order chi connectivity index (χ0) is 16.2. The normalized spacial score (nSPS) is 28.5. The van der Waals surface area contributed by atoms with E-state index in [-0.39, 0.29) is 7.43 Å². The van der Waals surface area contributed by atoms with Crippen LogP contribution < -0.4 is 9.32 Å². The summed E-state index contributed by atoms with van der Waals surface area (Å²) in [7, 11) is -3.95. The fourth-order valence-corrected chi connectivity index (χ4v) is 5.53. The third-order valence-electron chi connectivity index (χ3n) is 6.06. The Morgan fingerprint density at radius 3 is 2.58 bits per heavy atom. The molecule has 1 aromatic carbocycles. The minimum absolute atomic E-state index is 0. The molecular weight excluding hydrogens is 322 g/mol. The Bertz CT molecular complexity index is 782. The minimum atomic E-state index is -3.95. The fourth-order valence-electron chi connectivity index (χ4n) is 5.16. The zero-order valence-electron chi connectivity index (χ0n) is 13.4. The summed E-state index contributed by atoms with van der Waals surface area (Å²) >= 11 is 0. The quantitative estimate of drug-likeness (QED) is 0.818. The Kier molecular flexibility index (Phi) is 4.51. The molecule has 3 unspecified atom stereocenters. The second-order valence-electron chi connectivity index (χ2n) is 7.24. The Labute approximate surface area is 145 Å². The van der Waals surface area contributed by atoms with Crippen molar-refractivity contribution in [1.82, 2.24) is 0 Å². The van der Waals surface area contributed by atoms with Crippen LogP contribution in [0.15, 0.2) is 29.3 Å². The van der Waals surface area contributed by atoms with Gasteiger partial charge < -0.3 is 4.18 Å². The van der Waals surface area contributed by atoms with Crippen molar-refractivity contribution in [3.63, 3.8) is 0 Å². The summed E-state index contributed by atoms with van der Waals surface area (Å²) in [5.41, 5.74) is 6.00. The molecule has 4 nitrogen and oxygen atoms in total. The van der Waals surface area contributed by atoms with Gasteiger partial charge in [-0.3, -0.25) is 0 Å². The van der Waals surface area contributed by atoms with Gasteiger partial charge in [0.1, 0.15) is 5.75 Å². The third-order valence-corrected chi connectivity index (χ3v) is 6.48. The Balaban J connectivity index is 0.00000169. The second-order valence-corrected chi connectivity index (χ2v) is 8.39. The molecular formula is C19H27NO3S. The van der Waals surface area contributed by atoms with Gasteiger partial charge in [0, 0.05) is 0 Å². The van der Waals surface area contributed by atoms with Crippen LogP contribution in [0.4, 0.5) is 0 Å². The molecule has 0 radical (unpaired) electrons. The van der Waals surface area contributed by atoms with Gasteiger partial charge in [-0.05, 0) is 86.5 Å². The molecule has 0 amide bonds. The average molecular weight is 349 g/mol. The van der Waals surface area contributed by atoms with Gasteiger partial charge in [-0.15, -0.1) is 0 Å². The SMILES string of the molecule is C.CC1=C2CCC3c4ccc(OS(N)(=O)=O)cc4CCC3C2CC1. The maximum Gasteiger partial charge on any atom is 0.380 e. The summed E-state index contributed by atoms with van der Waals surface area (Å²) in [5.74, 6) is 2.48. The predicted octanol–water partition coefficient (Wildman–Crippen LogP) is 4.07. The predicted molar refractivity (Wildman–Crippen MR) is 96.1 cm³/mol. The Hall–Kier alpha value is -1.33. The molecule has 0 saturated heterocycles. The molecule has 0 heterocycles. The number of hydrogen-bond donors (Lipinski definition) is 1. The summed E-state index contributed by atoms with van der Waals surface area (Å²) in [6.45, 7) is 2.31. The number of aryl methyl sites for hydroxylation is 1. The van der Waals surface area contributed by atoms with E-state index < -0.39 is 10.3 Å². The highest BCUT2D eigenvalue weighted by Crippen LogP contribution is 2.54. The number of benzene rings is 1. The maximum absolute atomic E-state index is 11.1. The lowest BCUT2D eigenvalue weighted by molar-refractivity contribution is 0.233. The highest BCUT2D eigenvalue weighted by atomic mass is 32.2. The first-order chi connectivity index (χ1) is 10.9. The lowest BCUT2D eigenvalue weighted by Gasteiger charge is -2.42. The van der Waals surface area contributed by atoms with Crippen LogP contribution in [0, 0.1) is 11.8 Å². The first-order valence-electron chi connectivity index (χ1n) is 8.46. The maximum atomic E-state index is 11.1. The number of hydrogen-bond acceptors (Lipinski definition) is 3. The first-order valence-corrected chi connectivity index (χ1v) is 9.93. The van der Waals surface area contributed by atoms with Gasteiger partial charge in [-0.25, -0.2) is 0 Å². The number of rotatable bonds is 2. The average Bonchev–Trinajstić information content (AvgIpc) is 2.86. The van der Waals surface area contributed by atoms with Gasteiger partial charge in [0.05, 0.1) is 0 Å². The lowest BCUT2D eigenvalue weighted by atomic mass is 9.62. The van der Waals surface area contributed by atoms with Crippen LogP contribution in [-0.4, -0.2) is 8.42 Å². The van der Waals surface area contributed by atoms with E-state index in [0.29, 0.717) is 11.7 Å². The van der Waals surface area contributed by atoms with Crippen LogP contribution in [0.25, 0.3) is 0 Å². The summed E-state index contributed by atoms with van der Waals surface area (Å²) < 4.78 is 27.0. The lowest BCUT2D eigenvalue weighted by Crippen LogP contribution is -2.31. The van der Waals surface area contributed by atoms with Crippen molar-refractivity contribution in [3.8, 4) is 5.75 Å². The summed E-state index contributed by atoms with van der Waals surface area (Å²) in [4.78, 5) is 0. The molecule has 5 heteroatoms.